The number of rotatable bonds is 2. The molecule has 0 unspecified atom stereocenters. The third-order valence-corrected chi connectivity index (χ3v) is 2.84. The fourth-order valence-corrected chi connectivity index (χ4v) is 2.21. The normalized spacial score (nSPS) is 10.8. The minimum absolute atomic E-state index is 1.08. The summed E-state index contributed by atoms with van der Waals surface area (Å²) < 4.78 is 1.40. The lowest BCUT2D eigenvalue weighted by atomic mass is 10.1. The second-order valence-corrected chi connectivity index (χ2v) is 3.85. The zero-order valence-electron chi connectivity index (χ0n) is 7.08. The zero-order valence-corrected chi connectivity index (χ0v) is 7.90. The van der Waals surface area contributed by atoms with Crippen molar-refractivity contribution in [2.45, 2.75) is 13.3 Å². The molecule has 0 atom stereocenters. The predicted octanol–water partition coefficient (Wildman–Crippen LogP) is 3.67. The first-order valence-electron chi connectivity index (χ1n) is 4.14. The van der Waals surface area contributed by atoms with Crippen LogP contribution in [0.3, 0.4) is 0 Å². The van der Waals surface area contributed by atoms with Gasteiger partial charge in [-0.05, 0) is 41.3 Å². The summed E-state index contributed by atoms with van der Waals surface area (Å²) in [6.45, 7) is 2.10. The Morgan fingerprint density at radius 2 is 2.25 bits per heavy atom. The lowest BCUT2D eigenvalue weighted by molar-refractivity contribution is 1.15. The molecule has 1 heteroatoms. The van der Waals surface area contributed by atoms with Gasteiger partial charge in [-0.3, -0.25) is 0 Å². The highest BCUT2D eigenvalue weighted by atomic mass is 32.1. The molecule has 2 rings (SSSR count). The van der Waals surface area contributed by atoms with Crippen LogP contribution in [0.5, 0.6) is 0 Å². The first-order valence-corrected chi connectivity index (χ1v) is 5.02. The second-order valence-electron chi connectivity index (χ2n) is 2.91. The van der Waals surface area contributed by atoms with Gasteiger partial charge in [-0.2, -0.15) is 0 Å². The molecular formula is C11H11S. The van der Waals surface area contributed by atoms with Gasteiger partial charge in [-0.15, -0.1) is 11.3 Å². The summed E-state index contributed by atoms with van der Waals surface area (Å²) in [6, 6.07) is 8.85. The van der Waals surface area contributed by atoms with Crippen molar-refractivity contribution in [3.63, 3.8) is 0 Å². The monoisotopic (exact) mass is 175 g/mol. The van der Waals surface area contributed by atoms with Crippen LogP contribution in [-0.4, -0.2) is 0 Å². The SMILES string of the molecule is C[CH]Cc1ccc2ccsc2c1. The Morgan fingerprint density at radius 3 is 3.08 bits per heavy atom. The minimum Gasteiger partial charge on any atom is -0.144 e. The molecule has 12 heavy (non-hydrogen) atoms. The molecule has 1 aromatic heterocycles. The van der Waals surface area contributed by atoms with Gasteiger partial charge in [0, 0.05) is 4.70 Å². The van der Waals surface area contributed by atoms with Gasteiger partial charge in [-0.1, -0.05) is 19.1 Å². The molecule has 0 aliphatic heterocycles. The Morgan fingerprint density at radius 1 is 1.33 bits per heavy atom. The highest BCUT2D eigenvalue weighted by molar-refractivity contribution is 7.17. The molecule has 0 saturated carbocycles. The van der Waals surface area contributed by atoms with Gasteiger partial charge in [-0.25, -0.2) is 0 Å². The van der Waals surface area contributed by atoms with Crippen molar-refractivity contribution in [1.29, 1.82) is 0 Å². The molecule has 0 aliphatic rings. The van der Waals surface area contributed by atoms with E-state index in [0.717, 1.165) is 6.42 Å². The second kappa shape index (κ2) is 3.28. The van der Waals surface area contributed by atoms with E-state index >= 15 is 0 Å². The molecule has 0 nitrogen and oxygen atoms in total. The van der Waals surface area contributed by atoms with Gasteiger partial charge in [0.15, 0.2) is 0 Å². The minimum atomic E-state index is 1.08. The highest BCUT2D eigenvalue weighted by Gasteiger charge is 1.95. The molecule has 1 radical (unpaired) electrons. The fourth-order valence-electron chi connectivity index (χ4n) is 1.36. The smallest absolute Gasteiger partial charge is 0.0345 e. The van der Waals surface area contributed by atoms with Crippen molar-refractivity contribution in [2.75, 3.05) is 0 Å². The van der Waals surface area contributed by atoms with Gasteiger partial charge in [0.1, 0.15) is 0 Å². The van der Waals surface area contributed by atoms with E-state index in [9.17, 15) is 0 Å². The lowest BCUT2D eigenvalue weighted by Gasteiger charge is -1.97. The third-order valence-electron chi connectivity index (χ3n) is 1.96. The molecule has 2 aromatic rings. The number of benzene rings is 1. The molecule has 0 N–H and O–H groups in total. The van der Waals surface area contributed by atoms with Crippen LogP contribution in [0.15, 0.2) is 29.6 Å². The van der Waals surface area contributed by atoms with E-state index in [2.05, 4.69) is 43.0 Å². The molecule has 0 saturated heterocycles. The van der Waals surface area contributed by atoms with Crippen LogP contribution in [-0.2, 0) is 6.42 Å². The van der Waals surface area contributed by atoms with Crippen molar-refractivity contribution in [2.24, 2.45) is 0 Å². The molecule has 0 fully saturated rings. The van der Waals surface area contributed by atoms with Crippen LogP contribution in [0.1, 0.15) is 12.5 Å². The van der Waals surface area contributed by atoms with Gasteiger partial charge < -0.3 is 0 Å². The number of fused-ring (bicyclic) bond motifs is 1. The van der Waals surface area contributed by atoms with Crippen LogP contribution < -0.4 is 0 Å². The Hall–Kier alpha value is -0.820. The largest absolute Gasteiger partial charge is 0.144 e. The lowest BCUT2D eigenvalue weighted by Crippen LogP contribution is -1.80. The van der Waals surface area contributed by atoms with Crippen LogP contribution in [0.2, 0.25) is 0 Å². The summed E-state index contributed by atoms with van der Waals surface area (Å²) in [4.78, 5) is 0. The van der Waals surface area contributed by atoms with Gasteiger partial charge in [0.05, 0.1) is 0 Å². The van der Waals surface area contributed by atoms with E-state index in [1.165, 1.54) is 15.6 Å². The maximum atomic E-state index is 2.28. The van der Waals surface area contributed by atoms with E-state index in [0.29, 0.717) is 0 Å². The summed E-state index contributed by atoms with van der Waals surface area (Å²) >= 11 is 1.81. The first kappa shape index (κ1) is 7.81. The standard InChI is InChI=1S/C11H11S/c1-2-3-9-4-5-10-6-7-12-11(10)8-9/h2,4-8H,3H2,1H3. The molecule has 0 bridgehead atoms. The van der Waals surface area contributed by atoms with Gasteiger partial charge in [0.25, 0.3) is 0 Å². The summed E-state index contributed by atoms with van der Waals surface area (Å²) in [5.74, 6) is 0. The van der Waals surface area contributed by atoms with Crippen LogP contribution >= 0.6 is 11.3 Å². The van der Waals surface area contributed by atoms with Crippen molar-refractivity contribution in [1.82, 2.24) is 0 Å². The van der Waals surface area contributed by atoms with Crippen LogP contribution in [0.25, 0.3) is 10.1 Å². The van der Waals surface area contributed by atoms with Crippen molar-refractivity contribution < 1.29 is 0 Å². The highest BCUT2D eigenvalue weighted by Crippen LogP contribution is 2.22. The molecule has 0 spiro atoms. The van der Waals surface area contributed by atoms with Gasteiger partial charge >= 0.3 is 0 Å². The summed E-state index contributed by atoms with van der Waals surface area (Å²) in [6.07, 6.45) is 3.27. The average Bonchev–Trinajstić information content (AvgIpc) is 2.51. The Labute approximate surface area is 76.8 Å². The van der Waals surface area contributed by atoms with E-state index in [1.54, 1.807) is 0 Å². The van der Waals surface area contributed by atoms with Crippen LogP contribution in [0.4, 0.5) is 0 Å². The fraction of sp³-hybridized carbons (Fsp3) is 0.182. The van der Waals surface area contributed by atoms with Crippen LogP contribution in [0, 0.1) is 6.42 Å². The first-order chi connectivity index (χ1) is 5.90. The summed E-state index contributed by atoms with van der Waals surface area (Å²) in [5, 5.41) is 3.50. The average molecular weight is 175 g/mol. The van der Waals surface area contributed by atoms with Crippen molar-refractivity contribution in [3.8, 4) is 0 Å². The predicted molar refractivity (Wildman–Crippen MR) is 55.5 cm³/mol. The molecule has 1 heterocycles. The maximum Gasteiger partial charge on any atom is 0.0345 e. The zero-order chi connectivity index (χ0) is 8.39. The topological polar surface area (TPSA) is 0 Å². The summed E-state index contributed by atoms with van der Waals surface area (Å²) in [7, 11) is 0. The quantitative estimate of drug-likeness (QED) is 0.653. The molecule has 0 aliphatic carbocycles. The Bertz CT molecular complexity index is 373. The molecular weight excluding hydrogens is 164 g/mol. The van der Waals surface area contributed by atoms with E-state index in [-0.39, 0.29) is 0 Å². The molecule has 1 aromatic carbocycles. The maximum absolute atomic E-state index is 2.28. The van der Waals surface area contributed by atoms with Crippen molar-refractivity contribution in [3.05, 3.63) is 41.6 Å². The van der Waals surface area contributed by atoms with Crippen molar-refractivity contribution >= 4 is 21.4 Å². The van der Waals surface area contributed by atoms with Gasteiger partial charge in [0.2, 0.25) is 0 Å². The Balaban J connectivity index is 2.46. The Kier molecular flexibility index (Phi) is 2.13. The van der Waals surface area contributed by atoms with E-state index < -0.39 is 0 Å². The third kappa shape index (κ3) is 1.37. The number of thiophene rings is 1. The molecule has 61 valence electrons. The van der Waals surface area contributed by atoms with E-state index in [4.69, 9.17) is 0 Å². The number of hydrogen-bond acceptors (Lipinski definition) is 1. The number of hydrogen-bond donors (Lipinski definition) is 0. The molecule has 0 amide bonds. The summed E-state index contributed by atoms with van der Waals surface area (Å²) in [5.41, 5.74) is 1.41. The van der Waals surface area contributed by atoms with E-state index in [1.807, 2.05) is 11.3 Å².